The molecular weight excluding hydrogens is 376 g/mol. The van der Waals surface area contributed by atoms with E-state index in [9.17, 15) is 14.4 Å². The van der Waals surface area contributed by atoms with Crippen LogP contribution in [0.25, 0.3) is 0 Å². The van der Waals surface area contributed by atoms with E-state index in [4.69, 9.17) is 15.3 Å². The summed E-state index contributed by atoms with van der Waals surface area (Å²) in [5, 5.41) is 5.43. The van der Waals surface area contributed by atoms with Crippen molar-refractivity contribution < 1.29 is 23.9 Å². The molecule has 0 bridgehead atoms. The number of hydrogen-bond acceptors (Lipinski definition) is 6. The van der Waals surface area contributed by atoms with E-state index < -0.39 is 29.9 Å². The Hall–Kier alpha value is -2.81. The molecule has 1 aliphatic carbocycles. The van der Waals surface area contributed by atoms with Crippen LogP contribution in [-0.4, -0.2) is 35.8 Å². The lowest BCUT2D eigenvalue weighted by molar-refractivity contribution is -0.127. The third kappa shape index (κ3) is 7.61. The van der Waals surface area contributed by atoms with Gasteiger partial charge >= 0.3 is 12.2 Å². The molecule has 0 aromatic heterocycles. The van der Waals surface area contributed by atoms with Gasteiger partial charge in [-0.1, -0.05) is 30.3 Å². The van der Waals surface area contributed by atoms with E-state index in [1.54, 1.807) is 20.8 Å². The highest BCUT2D eigenvalue weighted by Gasteiger charge is 2.37. The first-order valence-electron chi connectivity index (χ1n) is 9.66. The lowest BCUT2D eigenvalue weighted by atomic mass is 9.83. The van der Waals surface area contributed by atoms with Crippen molar-refractivity contribution in [2.45, 2.75) is 64.3 Å². The molecule has 3 atom stereocenters. The molecule has 0 heterocycles. The number of benzene rings is 1. The van der Waals surface area contributed by atoms with Crippen molar-refractivity contribution in [2.24, 2.45) is 11.8 Å². The summed E-state index contributed by atoms with van der Waals surface area (Å²) in [6, 6.07) is 8.88. The van der Waals surface area contributed by atoms with Crippen LogP contribution in [0.3, 0.4) is 0 Å². The molecule has 3 amide bonds. The summed E-state index contributed by atoms with van der Waals surface area (Å²) in [7, 11) is 0. The summed E-state index contributed by atoms with van der Waals surface area (Å²) in [4.78, 5) is 36.4. The van der Waals surface area contributed by atoms with Gasteiger partial charge in [-0.15, -0.1) is 0 Å². The number of rotatable bonds is 5. The number of carbonyl (C=O) groups excluding carboxylic acids is 3. The molecule has 9 nitrogen and oxygen atoms in total. The van der Waals surface area contributed by atoms with Gasteiger partial charge in [0.25, 0.3) is 0 Å². The zero-order chi connectivity index (χ0) is 21.4. The van der Waals surface area contributed by atoms with E-state index in [2.05, 4.69) is 16.1 Å². The van der Waals surface area contributed by atoms with E-state index in [-0.39, 0.29) is 11.8 Å². The lowest BCUT2D eigenvalue weighted by Crippen LogP contribution is -2.53. The van der Waals surface area contributed by atoms with E-state index in [1.807, 2.05) is 30.3 Å². The summed E-state index contributed by atoms with van der Waals surface area (Å²) in [5.41, 5.74) is 2.41. The molecule has 1 aromatic rings. The van der Waals surface area contributed by atoms with Crippen LogP contribution in [-0.2, 0) is 20.8 Å². The third-order valence-electron chi connectivity index (χ3n) is 4.54. The van der Waals surface area contributed by atoms with E-state index in [0.29, 0.717) is 25.8 Å². The van der Waals surface area contributed by atoms with Crippen LogP contribution < -0.4 is 21.9 Å². The fourth-order valence-electron chi connectivity index (χ4n) is 3.20. The minimum absolute atomic E-state index is 0.291. The van der Waals surface area contributed by atoms with E-state index >= 15 is 0 Å². The SMILES string of the molecule is CC(C)(C)OC(=O)NC1CC(C(=O)NN)CCC1OC(=O)NCc1ccccc1. The van der Waals surface area contributed by atoms with Crippen molar-refractivity contribution in [2.75, 3.05) is 0 Å². The average Bonchev–Trinajstić information content (AvgIpc) is 2.66. The number of hydrazine groups is 1. The zero-order valence-electron chi connectivity index (χ0n) is 17.1. The minimum atomic E-state index is -0.670. The maximum absolute atomic E-state index is 12.2. The monoisotopic (exact) mass is 406 g/mol. The second-order valence-electron chi connectivity index (χ2n) is 8.05. The number of amides is 3. The van der Waals surface area contributed by atoms with Crippen molar-refractivity contribution >= 4 is 18.1 Å². The van der Waals surface area contributed by atoms with E-state index in [1.165, 1.54) is 0 Å². The Morgan fingerprint density at radius 1 is 1.10 bits per heavy atom. The molecule has 0 saturated heterocycles. The number of hydrogen-bond donors (Lipinski definition) is 4. The molecule has 1 aromatic carbocycles. The first-order valence-corrected chi connectivity index (χ1v) is 9.66. The van der Waals surface area contributed by atoms with Gasteiger partial charge in [0.1, 0.15) is 11.7 Å². The number of nitrogens with one attached hydrogen (secondary N) is 3. The molecule has 0 radical (unpaired) electrons. The summed E-state index contributed by atoms with van der Waals surface area (Å²) < 4.78 is 10.8. The fraction of sp³-hybridized carbons (Fsp3) is 0.550. The van der Waals surface area contributed by atoms with Crippen LogP contribution in [0.1, 0.15) is 45.6 Å². The Morgan fingerprint density at radius 3 is 2.41 bits per heavy atom. The smallest absolute Gasteiger partial charge is 0.408 e. The van der Waals surface area contributed by atoms with Crippen molar-refractivity contribution in [1.82, 2.24) is 16.1 Å². The molecule has 9 heteroatoms. The van der Waals surface area contributed by atoms with Crippen LogP contribution >= 0.6 is 0 Å². The van der Waals surface area contributed by atoms with Gasteiger partial charge in [0, 0.05) is 12.5 Å². The second-order valence-corrected chi connectivity index (χ2v) is 8.05. The highest BCUT2D eigenvalue weighted by atomic mass is 16.6. The van der Waals surface area contributed by atoms with Gasteiger partial charge in [-0.25, -0.2) is 15.4 Å². The van der Waals surface area contributed by atoms with Gasteiger partial charge in [-0.2, -0.15) is 0 Å². The van der Waals surface area contributed by atoms with Crippen molar-refractivity contribution in [3.05, 3.63) is 35.9 Å². The molecule has 3 unspecified atom stereocenters. The molecule has 1 saturated carbocycles. The average molecular weight is 406 g/mol. The number of nitrogens with two attached hydrogens (primary N) is 1. The van der Waals surface area contributed by atoms with Gasteiger partial charge < -0.3 is 20.1 Å². The van der Waals surface area contributed by atoms with E-state index in [0.717, 1.165) is 5.56 Å². The summed E-state index contributed by atoms with van der Waals surface area (Å²) in [6.07, 6.45) is -0.603. The van der Waals surface area contributed by atoms with Gasteiger partial charge in [-0.3, -0.25) is 10.2 Å². The van der Waals surface area contributed by atoms with Crippen LogP contribution in [0.5, 0.6) is 0 Å². The number of ether oxygens (including phenoxy) is 2. The largest absolute Gasteiger partial charge is 0.444 e. The van der Waals surface area contributed by atoms with Crippen LogP contribution in [0.4, 0.5) is 9.59 Å². The standard InChI is InChI=1S/C20H30N4O5/c1-20(2,3)29-19(27)23-15-11-14(17(25)24-21)9-10-16(15)28-18(26)22-12-13-7-5-4-6-8-13/h4-8,14-16H,9-12,21H2,1-3H3,(H,22,26)(H,23,27)(H,24,25). The van der Waals surface area contributed by atoms with Gasteiger partial charge in [0.05, 0.1) is 6.04 Å². The first kappa shape index (κ1) is 22.5. The molecular formula is C20H30N4O5. The van der Waals surface area contributed by atoms with Gasteiger partial charge in [0.15, 0.2) is 0 Å². The van der Waals surface area contributed by atoms with Crippen LogP contribution in [0.2, 0.25) is 0 Å². The quantitative estimate of drug-likeness (QED) is 0.336. The Kier molecular flexibility index (Phi) is 7.83. The Morgan fingerprint density at radius 2 is 1.79 bits per heavy atom. The Balaban J connectivity index is 1.97. The normalized spacial score (nSPS) is 21.6. The predicted octanol–water partition coefficient (Wildman–Crippen LogP) is 1.96. The molecule has 2 rings (SSSR count). The Bertz CT molecular complexity index is 705. The van der Waals surface area contributed by atoms with Crippen molar-refractivity contribution in [1.29, 1.82) is 0 Å². The highest BCUT2D eigenvalue weighted by molar-refractivity contribution is 5.78. The van der Waals surface area contributed by atoms with Crippen molar-refractivity contribution in [3.63, 3.8) is 0 Å². The molecule has 160 valence electrons. The summed E-state index contributed by atoms with van der Waals surface area (Å²) in [6.45, 7) is 5.59. The molecule has 1 fully saturated rings. The first-order chi connectivity index (χ1) is 13.7. The maximum atomic E-state index is 12.2. The summed E-state index contributed by atoms with van der Waals surface area (Å²) in [5.74, 6) is 4.54. The molecule has 0 spiro atoms. The van der Waals surface area contributed by atoms with Crippen molar-refractivity contribution in [3.8, 4) is 0 Å². The van der Waals surface area contributed by atoms with Crippen LogP contribution in [0, 0.1) is 5.92 Å². The van der Waals surface area contributed by atoms with Gasteiger partial charge in [0.2, 0.25) is 5.91 Å². The second kappa shape index (κ2) is 10.1. The predicted molar refractivity (Wildman–Crippen MR) is 106 cm³/mol. The highest BCUT2D eigenvalue weighted by Crippen LogP contribution is 2.27. The number of carbonyl (C=O) groups is 3. The maximum Gasteiger partial charge on any atom is 0.408 e. The summed E-state index contributed by atoms with van der Waals surface area (Å²) >= 11 is 0. The third-order valence-corrected chi connectivity index (χ3v) is 4.54. The van der Waals surface area contributed by atoms with Crippen LogP contribution in [0.15, 0.2) is 30.3 Å². The fourth-order valence-corrected chi connectivity index (χ4v) is 3.20. The van der Waals surface area contributed by atoms with Gasteiger partial charge in [-0.05, 0) is 45.6 Å². The molecule has 1 aliphatic rings. The Labute approximate surface area is 170 Å². The zero-order valence-corrected chi connectivity index (χ0v) is 17.1. The lowest BCUT2D eigenvalue weighted by Gasteiger charge is -2.35. The topological polar surface area (TPSA) is 132 Å². The molecule has 5 N–H and O–H groups in total. The number of alkyl carbamates (subject to hydrolysis) is 2. The molecule has 0 aliphatic heterocycles. The molecule has 29 heavy (non-hydrogen) atoms. The minimum Gasteiger partial charge on any atom is -0.444 e.